The van der Waals surface area contributed by atoms with Gasteiger partial charge in [0.05, 0.1) is 12.8 Å². The van der Waals surface area contributed by atoms with E-state index in [1.54, 1.807) is 6.07 Å². The fraction of sp³-hybridized carbons (Fsp3) is 0.429. The van der Waals surface area contributed by atoms with Gasteiger partial charge in [-0.15, -0.1) is 0 Å². The van der Waals surface area contributed by atoms with Crippen LogP contribution in [0.5, 0.6) is 5.75 Å². The van der Waals surface area contributed by atoms with Crippen LogP contribution in [0.1, 0.15) is 30.3 Å². The zero-order valence-electron chi connectivity index (χ0n) is 10.4. The number of rotatable bonds is 4. The Hall–Kier alpha value is -1.84. The SMILES string of the molecule is CC1CC=CCC1COc1ccc(C(=O)O)nc1. The van der Waals surface area contributed by atoms with Crippen LogP contribution in [0.3, 0.4) is 0 Å². The van der Waals surface area contributed by atoms with Gasteiger partial charge in [0.25, 0.3) is 0 Å². The summed E-state index contributed by atoms with van der Waals surface area (Å²) >= 11 is 0. The van der Waals surface area contributed by atoms with E-state index < -0.39 is 5.97 Å². The molecule has 0 spiro atoms. The Labute approximate surface area is 106 Å². The Morgan fingerprint density at radius 2 is 2.22 bits per heavy atom. The highest BCUT2D eigenvalue weighted by Gasteiger charge is 2.18. The molecule has 0 saturated heterocycles. The molecule has 0 aliphatic heterocycles. The van der Waals surface area contributed by atoms with Crippen molar-refractivity contribution in [3.05, 3.63) is 36.2 Å². The van der Waals surface area contributed by atoms with Gasteiger partial charge < -0.3 is 9.84 Å². The number of hydrogen-bond donors (Lipinski definition) is 1. The van der Waals surface area contributed by atoms with Crippen molar-refractivity contribution in [2.45, 2.75) is 19.8 Å². The zero-order chi connectivity index (χ0) is 13.0. The molecule has 1 aliphatic rings. The maximum atomic E-state index is 10.6. The lowest BCUT2D eigenvalue weighted by Gasteiger charge is -2.25. The molecule has 0 aromatic carbocycles. The molecule has 18 heavy (non-hydrogen) atoms. The van der Waals surface area contributed by atoms with E-state index in [0.29, 0.717) is 24.2 Å². The largest absolute Gasteiger partial charge is 0.492 e. The lowest BCUT2D eigenvalue weighted by Crippen LogP contribution is -2.21. The molecule has 96 valence electrons. The van der Waals surface area contributed by atoms with Crippen LogP contribution in [0.4, 0.5) is 0 Å². The number of hydrogen-bond acceptors (Lipinski definition) is 3. The van der Waals surface area contributed by atoms with Crippen molar-refractivity contribution in [2.24, 2.45) is 11.8 Å². The van der Waals surface area contributed by atoms with Crippen molar-refractivity contribution < 1.29 is 14.6 Å². The van der Waals surface area contributed by atoms with Gasteiger partial charge >= 0.3 is 5.97 Å². The first-order valence-electron chi connectivity index (χ1n) is 6.14. The van der Waals surface area contributed by atoms with Crippen LogP contribution in [0.15, 0.2) is 30.5 Å². The Balaban J connectivity index is 1.90. The number of aromatic carboxylic acids is 1. The van der Waals surface area contributed by atoms with Crippen LogP contribution in [0, 0.1) is 11.8 Å². The maximum absolute atomic E-state index is 10.6. The summed E-state index contributed by atoms with van der Waals surface area (Å²) in [6.07, 6.45) is 8.02. The van der Waals surface area contributed by atoms with E-state index in [1.165, 1.54) is 12.3 Å². The topological polar surface area (TPSA) is 59.4 Å². The Morgan fingerprint density at radius 3 is 2.83 bits per heavy atom. The van der Waals surface area contributed by atoms with Crippen LogP contribution >= 0.6 is 0 Å². The summed E-state index contributed by atoms with van der Waals surface area (Å²) in [6.45, 7) is 2.88. The van der Waals surface area contributed by atoms with Gasteiger partial charge in [0.1, 0.15) is 11.4 Å². The second-order valence-electron chi connectivity index (χ2n) is 4.68. The summed E-state index contributed by atoms with van der Waals surface area (Å²) in [6, 6.07) is 3.11. The number of ether oxygens (including phenoxy) is 1. The Morgan fingerprint density at radius 1 is 1.44 bits per heavy atom. The number of allylic oxidation sites excluding steroid dienone is 2. The van der Waals surface area contributed by atoms with Crippen molar-refractivity contribution in [1.29, 1.82) is 0 Å². The van der Waals surface area contributed by atoms with Crippen molar-refractivity contribution in [1.82, 2.24) is 4.98 Å². The lowest BCUT2D eigenvalue weighted by atomic mass is 9.85. The Bertz CT molecular complexity index is 439. The predicted molar refractivity (Wildman–Crippen MR) is 67.7 cm³/mol. The van der Waals surface area contributed by atoms with Gasteiger partial charge in [0.2, 0.25) is 0 Å². The fourth-order valence-corrected chi connectivity index (χ4v) is 2.03. The monoisotopic (exact) mass is 247 g/mol. The van der Waals surface area contributed by atoms with E-state index in [9.17, 15) is 4.79 Å². The molecule has 2 rings (SSSR count). The van der Waals surface area contributed by atoms with Crippen molar-refractivity contribution >= 4 is 5.97 Å². The number of aromatic nitrogens is 1. The van der Waals surface area contributed by atoms with Crippen molar-refractivity contribution in [2.75, 3.05) is 6.61 Å². The van der Waals surface area contributed by atoms with Gasteiger partial charge in [-0.2, -0.15) is 0 Å². The van der Waals surface area contributed by atoms with Gasteiger partial charge in [-0.3, -0.25) is 0 Å². The summed E-state index contributed by atoms with van der Waals surface area (Å²) in [7, 11) is 0. The fourth-order valence-electron chi connectivity index (χ4n) is 2.03. The van der Waals surface area contributed by atoms with Crippen LogP contribution in [0.25, 0.3) is 0 Å². The normalized spacial score (nSPS) is 22.7. The number of carboxylic acid groups (broad SMARTS) is 1. The highest BCUT2D eigenvalue weighted by atomic mass is 16.5. The van der Waals surface area contributed by atoms with E-state index in [1.807, 2.05) is 0 Å². The van der Waals surface area contributed by atoms with E-state index in [0.717, 1.165) is 12.8 Å². The van der Waals surface area contributed by atoms with Crippen LogP contribution < -0.4 is 4.74 Å². The molecule has 0 bridgehead atoms. The molecule has 2 atom stereocenters. The lowest BCUT2D eigenvalue weighted by molar-refractivity contribution is 0.0690. The van der Waals surface area contributed by atoms with E-state index in [4.69, 9.17) is 9.84 Å². The zero-order valence-corrected chi connectivity index (χ0v) is 10.4. The Kier molecular flexibility index (Phi) is 3.97. The molecule has 0 saturated carbocycles. The molecule has 1 N–H and O–H groups in total. The first kappa shape index (κ1) is 12.6. The smallest absolute Gasteiger partial charge is 0.354 e. The predicted octanol–water partition coefficient (Wildman–Crippen LogP) is 2.76. The summed E-state index contributed by atoms with van der Waals surface area (Å²) < 4.78 is 5.66. The van der Waals surface area contributed by atoms with Gasteiger partial charge in [-0.1, -0.05) is 19.1 Å². The highest BCUT2D eigenvalue weighted by molar-refractivity contribution is 5.85. The second kappa shape index (κ2) is 5.67. The quantitative estimate of drug-likeness (QED) is 0.831. The first-order valence-corrected chi connectivity index (χ1v) is 6.14. The van der Waals surface area contributed by atoms with Gasteiger partial charge in [-0.05, 0) is 36.8 Å². The molecular weight excluding hydrogens is 230 g/mol. The third-order valence-electron chi connectivity index (χ3n) is 3.34. The van der Waals surface area contributed by atoms with Crippen LogP contribution in [0.2, 0.25) is 0 Å². The number of carboxylic acids is 1. The molecule has 1 aromatic heterocycles. The summed E-state index contributed by atoms with van der Waals surface area (Å²) in [5.41, 5.74) is 0.0383. The molecule has 4 heteroatoms. The number of nitrogens with zero attached hydrogens (tertiary/aromatic N) is 1. The minimum atomic E-state index is -1.02. The van der Waals surface area contributed by atoms with Gasteiger partial charge in [0.15, 0.2) is 0 Å². The average Bonchev–Trinajstić information content (AvgIpc) is 2.38. The van der Waals surface area contributed by atoms with E-state index in [-0.39, 0.29) is 5.69 Å². The van der Waals surface area contributed by atoms with E-state index in [2.05, 4.69) is 24.1 Å². The second-order valence-corrected chi connectivity index (χ2v) is 4.68. The molecule has 4 nitrogen and oxygen atoms in total. The van der Waals surface area contributed by atoms with Crippen molar-refractivity contribution in [3.8, 4) is 5.75 Å². The van der Waals surface area contributed by atoms with Crippen molar-refractivity contribution in [3.63, 3.8) is 0 Å². The summed E-state index contributed by atoms with van der Waals surface area (Å²) in [4.78, 5) is 14.5. The third kappa shape index (κ3) is 3.09. The molecule has 1 aromatic rings. The van der Waals surface area contributed by atoms with Gasteiger partial charge in [-0.25, -0.2) is 9.78 Å². The van der Waals surface area contributed by atoms with Gasteiger partial charge in [0, 0.05) is 0 Å². The minimum absolute atomic E-state index is 0.0383. The first-order chi connectivity index (χ1) is 8.66. The minimum Gasteiger partial charge on any atom is -0.492 e. The van der Waals surface area contributed by atoms with E-state index >= 15 is 0 Å². The molecular formula is C14H17NO3. The molecule has 1 heterocycles. The maximum Gasteiger partial charge on any atom is 0.354 e. The number of pyridine rings is 1. The molecule has 0 radical (unpaired) electrons. The third-order valence-corrected chi connectivity index (χ3v) is 3.34. The average molecular weight is 247 g/mol. The molecule has 0 fully saturated rings. The molecule has 2 unspecified atom stereocenters. The summed E-state index contributed by atoms with van der Waals surface area (Å²) in [5, 5.41) is 8.73. The standard InChI is InChI=1S/C14H17NO3/c1-10-4-2-3-5-11(10)9-18-12-6-7-13(14(16)17)15-8-12/h2-3,6-8,10-11H,4-5,9H2,1H3,(H,16,17). The van der Waals surface area contributed by atoms with Crippen LogP contribution in [-0.4, -0.2) is 22.7 Å². The highest BCUT2D eigenvalue weighted by Crippen LogP contribution is 2.25. The molecule has 1 aliphatic carbocycles. The molecule has 0 amide bonds. The summed E-state index contributed by atoms with van der Waals surface area (Å²) in [5.74, 6) is 0.754. The van der Waals surface area contributed by atoms with Crippen LogP contribution in [-0.2, 0) is 0 Å². The number of carbonyl (C=O) groups is 1.